The van der Waals surface area contributed by atoms with Crippen molar-refractivity contribution in [3.05, 3.63) is 30.2 Å². The van der Waals surface area contributed by atoms with Gasteiger partial charge in [0.15, 0.2) is 0 Å². The van der Waals surface area contributed by atoms with Gasteiger partial charge in [-0.05, 0) is 0 Å². The molecular weight excluding hydrogens is 112 g/mol. The number of rotatable bonds is 1. The van der Waals surface area contributed by atoms with Crippen LogP contribution < -0.4 is 0 Å². The second kappa shape index (κ2) is 2.83. The largest absolute Gasteiger partial charge is 0.376 e. The van der Waals surface area contributed by atoms with Gasteiger partial charge in [-0.15, -0.1) is 0 Å². The summed E-state index contributed by atoms with van der Waals surface area (Å²) in [6, 6.07) is 0. The molecule has 1 nitrogen and oxygen atoms in total. The van der Waals surface area contributed by atoms with Crippen molar-refractivity contribution in [1.82, 2.24) is 0 Å². The monoisotopic (exact) mass is 123 g/mol. The van der Waals surface area contributed by atoms with Gasteiger partial charge in [-0.25, -0.2) is 0 Å². The lowest BCUT2D eigenvalue weighted by Crippen LogP contribution is -2.15. The first kappa shape index (κ1) is 6.56. The smallest absolute Gasteiger partial charge is 0.0852 e. The molecule has 0 aromatic heterocycles. The maximum Gasteiger partial charge on any atom is 0.0852 e. The molecule has 1 heteroatoms. The highest BCUT2D eigenvalue weighted by Crippen LogP contribution is 2.15. The summed E-state index contributed by atoms with van der Waals surface area (Å²) in [7, 11) is 1.72. The first-order valence-corrected chi connectivity index (χ1v) is 3.05. The summed E-state index contributed by atoms with van der Waals surface area (Å²) >= 11 is 0. The zero-order chi connectivity index (χ0) is 6.69. The lowest BCUT2D eigenvalue weighted by atomic mass is 10.0. The predicted molar refractivity (Wildman–Crippen MR) is 38.0 cm³/mol. The Hall–Kier alpha value is -0.560. The molecule has 0 amide bonds. The fraction of sp³-hybridized carbons (Fsp3) is 0.375. The second-order valence-corrected chi connectivity index (χ2v) is 2.14. The molecule has 0 saturated heterocycles. The Morgan fingerprint density at radius 3 is 2.67 bits per heavy atom. The van der Waals surface area contributed by atoms with E-state index in [2.05, 4.69) is 13.0 Å². The summed E-state index contributed by atoms with van der Waals surface area (Å²) in [5, 5.41) is 0. The quantitative estimate of drug-likeness (QED) is 0.516. The highest BCUT2D eigenvalue weighted by molar-refractivity contribution is 5.27. The van der Waals surface area contributed by atoms with Crippen LogP contribution in [0.5, 0.6) is 0 Å². The molecule has 0 aliphatic heterocycles. The number of hydrogen-bond donors (Lipinski definition) is 0. The van der Waals surface area contributed by atoms with E-state index < -0.39 is 0 Å². The average molecular weight is 123 g/mol. The number of methoxy groups -OCH3 is 1. The molecule has 49 valence electrons. The predicted octanol–water partition coefficient (Wildman–Crippen LogP) is 1.72. The van der Waals surface area contributed by atoms with Crippen LogP contribution in [0.3, 0.4) is 0 Å². The molecule has 1 unspecified atom stereocenters. The third-order valence-corrected chi connectivity index (χ3v) is 1.46. The fourth-order valence-electron chi connectivity index (χ4n) is 0.883. The van der Waals surface area contributed by atoms with Crippen molar-refractivity contribution in [2.24, 2.45) is 0 Å². The van der Waals surface area contributed by atoms with Crippen molar-refractivity contribution in [1.29, 1.82) is 0 Å². The number of ether oxygens (including phenoxy) is 1. The van der Waals surface area contributed by atoms with Gasteiger partial charge in [-0.3, -0.25) is 0 Å². The zero-order valence-electron chi connectivity index (χ0n) is 5.79. The van der Waals surface area contributed by atoms with Crippen LogP contribution in [0.4, 0.5) is 0 Å². The van der Waals surface area contributed by atoms with Gasteiger partial charge in [-0.1, -0.05) is 31.2 Å². The molecule has 0 saturated carbocycles. The van der Waals surface area contributed by atoms with E-state index in [0.717, 1.165) is 0 Å². The maximum atomic E-state index is 5.13. The zero-order valence-corrected chi connectivity index (χ0v) is 5.79. The molecular formula is C8H11O. The first-order chi connectivity index (χ1) is 4.34. The van der Waals surface area contributed by atoms with Crippen LogP contribution in [-0.4, -0.2) is 13.2 Å². The van der Waals surface area contributed by atoms with Crippen molar-refractivity contribution in [2.45, 2.75) is 13.0 Å². The maximum absolute atomic E-state index is 5.13. The van der Waals surface area contributed by atoms with Crippen LogP contribution in [0.25, 0.3) is 0 Å². The summed E-state index contributed by atoms with van der Waals surface area (Å²) in [4.78, 5) is 0. The molecule has 0 aromatic rings. The van der Waals surface area contributed by atoms with Gasteiger partial charge >= 0.3 is 0 Å². The van der Waals surface area contributed by atoms with Gasteiger partial charge < -0.3 is 4.74 Å². The minimum Gasteiger partial charge on any atom is -0.376 e. The third kappa shape index (κ3) is 1.42. The molecule has 0 N–H and O–H groups in total. The Kier molecular flexibility index (Phi) is 2.06. The van der Waals surface area contributed by atoms with Crippen molar-refractivity contribution in [3.8, 4) is 0 Å². The molecule has 1 radical (unpaired) electrons. The molecule has 0 fully saturated rings. The normalized spacial score (nSPS) is 27.1. The van der Waals surface area contributed by atoms with Crippen LogP contribution in [0, 0.1) is 5.92 Å². The molecule has 0 heterocycles. The van der Waals surface area contributed by atoms with Crippen molar-refractivity contribution >= 4 is 0 Å². The van der Waals surface area contributed by atoms with E-state index in [0.29, 0.717) is 0 Å². The lowest BCUT2D eigenvalue weighted by molar-refractivity contribution is 0.155. The van der Waals surface area contributed by atoms with E-state index in [-0.39, 0.29) is 6.10 Å². The SMILES string of the molecule is COC1C=CC=C[C]1C. The summed E-state index contributed by atoms with van der Waals surface area (Å²) < 4.78 is 5.13. The van der Waals surface area contributed by atoms with E-state index in [1.807, 2.05) is 18.2 Å². The second-order valence-electron chi connectivity index (χ2n) is 2.14. The Morgan fingerprint density at radius 1 is 1.44 bits per heavy atom. The van der Waals surface area contributed by atoms with Crippen molar-refractivity contribution < 1.29 is 4.74 Å². The Balaban J connectivity index is 2.55. The molecule has 0 aromatic carbocycles. The Labute approximate surface area is 56.0 Å². The van der Waals surface area contributed by atoms with E-state index in [1.165, 1.54) is 5.92 Å². The van der Waals surface area contributed by atoms with Crippen LogP contribution in [0.1, 0.15) is 6.92 Å². The molecule has 1 aliphatic rings. The van der Waals surface area contributed by atoms with Crippen LogP contribution in [-0.2, 0) is 4.74 Å². The topological polar surface area (TPSA) is 9.23 Å². The molecule has 0 bridgehead atoms. The van der Waals surface area contributed by atoms with Gasteiger partial charge in [0.1, 0.15) is 0 Å². The Morgan fingerprint density at radius 2 is 2.22 bits per heavy atom. The van der Waals surface area contributed by atoms with Crippen molar-refractivity contribution in [3.63, 3.8) is 0 Å². The van der Waals surface area contributed by atoms with E-state index >= 15 is 0 Å². The first-order valence-electron chi connectivity index (χ1n) is 3.05. The summed E-state index contributed by atoms with van der Waals surface area (Å²) in [5.74, 6) is 1.26. The van der Waals surface area contributed by atoms with E-state index in [1.54, 1.807) is 7.11 Å². The minimum atomic E-state index is 0.204. The van der Waals surface area contributed by atoms with Gasteiger partial charge in [0.2, 0.25) is 0 Å². The fourth-order valence-corrected chi connectivity index (χ4v) is 0.883. The van der Waals surface area contributed by atoms with Crippen LogP contribution in [0.2, 0.25) is 0 Å². The molecule has 1 aliphatic carbocycles. The molecule has 1 rings (SSSR count). The highest BCUT2D eigenvalue weighted by Gasteiger charge is 2.11. The molecule has 1 atom stereocenters. The summed E-state index contributed by atoms with van der Waals surface area (Å²) in [6.07, 6.45) is 8.32. The number of allylic oxidation sites excluding steroid dienone is 2. The third-order valence-electron chi connectivity index (χ3n) is 1.46. The van der Waals surface area contributed by atoms with Gasteiger partial charge in [-0.2, -0.15) is 0 Å². The highest BCUT2D eigenvalue weighted by atomic mass is 16.5. The standard InChI is InChI=1S/C8H11O/c1-7-5-3-4-6-8(7)9-2/h3-6,8H,1-2H3. The van der Waals surface area contributed by atoms with Gasteiger partial charge in [0.05, 0.1) is 6.10 Å². The molecule has 9 heavy (non-hydrogen) atoms. The minimum absolute atomic E-state index is 0.204. The summed E-state index contributed by atoms with van der Waals surface area (Å²) in [6.45, 7) is 2.06. The van der Waals surface area contributed by atoms with Gasteiger partial charge in [0, 0.05) is 13.0 Å². The summed E-state index contributed by atoms with van der Waals surface area (Å²) in [5.41, 5.74) is 0. The van der Waals surface area contributed by atoms with Crippen LogP contribution in [0.15, 0.2) is 24.3 Å². The lowest BCUT2D eigenvalue weighted by Gasteiger charge is -2.17. The van der Waals surface area contributed by atoms with E-state index in [9.17, 15) is 0 Å². The average Bonchev–Trinajstić information content (AvgIpc) is 1.89. The number of hydrogen-bond acceptors (Lipinski definition) is 1. The molecule has 0 spiro atoms. The van der Waals surface area contributed by atoms with Gasteiger partial charge in [0.25, 0.3) is 0 Å². The van der Waals surface area contributed by atoms with Crippen molar-refractivity contribution in [2.75, 3.05) is 7.11 Å². The van der Waals surface area contributed by atoms with Crippen LogP contribution >= 0.6 is 0 Å². The van der Waals surface area contributed by atoms with E-state index in [4.69, 9.17) is 4.74 Å². The Bertz CT molecular complexity index is 136.